The third kappa shape index (κ3) is 3.35. The topological polar surface area (TPSA) is 0 Å². The van der Waals surface area contributed by atoms with Gasteiger partial charge in [-0.3, -0.25) is 0 Å². The number of hydrogen-bond donors (Lipinski definition) is 0. The van der Waals surface area contributed by atoms with Crippen LogP contribution in [-0.2, 0) is 0 Å². The van der Waals surface area contributed by atoms with Crippen LogP contribution in [0.3, 0.4) is 0 Å². The van der Waals surface area contributed by atoms with Gasteiger partial charge in [-0.15, -0.1) is 11.6 Å². The second-order valence-corrected chi connectivity index (χ2v) is 5.08. The van der Waals surface area contributed by atoms with E-state index in [0.717, 1.165) is 11.8 Å². The molecule has 0 aromatic rings. The third-order valence-electron chi connectivity index (χ3n) is 3.14. The third-order valence-corrected chi connectivity index (χ3v) is 3.57. The average Bonchev–Trinajstić information content (AvgIpc) is 1.97. The van der Waals surface area contributed by atoms with E-state index in [1.54, 1.807) is 0 Å². The maximum absolute atomic E-state index is 6.16. The van der Waals surface area contributed by atoms with Crippen LogP contribution >= 0.6 is 11.6 Å². The Morgan fingerprint density at radius 2 is 1.67 bits per heavy atom. The van der Waals surface area contributed by atoms with Gasteiger partial charge in [-0.1, -0.05) is 33.1 Å². The molecule has 1 heteroatoms. The first-order chi connectivity index (χ1) is 5.70. The number of alkyl halides is 1. The number of rotatable bonds is 1. The molecule has 2 atom stereocenters. The molecule has 12 heavy (non-hydrogen) atoms. The summed E-state index contributed by atoms with van der Waals surface area (Å²) in [6, 6.07) is 0. The van der Waals surface area contributed by atoms with Gasteiger partial charge in [-0.05, 0) is 31.1 Å². The molecule has 0 saturated heterocycles. The standard InChI is InChI=1S/C11H21Cl/c1-9(2)10-5-3-4-6-11(12)8-7-10/h9-11H,3-8H2,1-2H3. The summed E-state index contributed by atoms with van der Waals surface area (Å²) in [6.45, 7) is 4.69. The van der Waals surface area contributed by atoms with Crippen LogP contribution in [0.25, 0.3) is 0 Å². The van der Waals surface area contributed by atoms with Gasteiger partial charge in [-0.2, -0.15) is 0 Å². The molecule has 0 heterocycles. The average molecular weight is 189 g/mol. The summed E-state index contributed by atoms with van der Waals surface area (Å²) < 4.78 is 0. The van der Waals surface area contributed by atoms with Crippen molar-refractivity contribution in [2.75, 3.05) is 0 Å². The lowest BCUT2D eigenvalue weighted by Gasteiger charge is -2.24. The fraction of sp³-hybridized carbons (Fsp3) is 1.00. The van der Waals surface area contributed by atoms with Crippen molar-refractivity contribution in [3.8, 4) is 0 Å². The zero-order valence-electron chi connectivity index (χ0n) is 8.35. The summed E-state index contributed by atoms with van der Waals surface area (Å²) in [6.07, 6.45) is 8.01. The maximum atomic E-state index is 6.16. The van der Waals surface area contributed by atoms with E-state index in [9.17, 15) is 0 Å². The Morgan fingerprint density at radius 3 is 2.33 bits per heavy atom. The Kier molecular flexibility index (Phi) is 4.42. The fourth-order valence-corrected chi connectivity index (χ4v) is 2.40. The Morgan fingerprint density at radius 1 is 1.00 bits per heavy atom. The maximum Gasteiger partial charge on any atom is 0.0336 e. The highest BCUT2D eigenvalue weighted by atomic mass is 35.5. The molecule has 1 aliphatic rings. The van der Waals surface area contributed by atoms with Crippen LogP contribution in [0.15, 0.2) is 0 Å². The lowest BCUT2D eigenvalue weighted by molar-refractivity contribution is 0.299. The van der Waals surface area contributed by atoms with Crippen LogP contribution in [0, 0.1) is 11.8 Å². The van der Waals surface area contributed by atoms with Crippen molar-refractivity contribution in [1.29, 1.82) is 0 Å². The predicted molar refractivity (Wildman–Crippen MR) is 55.7 cm³/mol. The Labute approximate surface area is 81.7 Å². The number of halogens is 1. The molecule has 0 aromatic carbocycles. The Balaban J connectivity index is 2.34. The molecule has 0 aliphatic heterocycles. The first-order valence-corrected chi connectivity index (χ1v) is 5.78. The summed E-state index contributed by atoms with van der Waals surface area (Å²) in [5.41, 5.74) is 0. The summed E-state index contributed by atoms with van der Waals surface area (Å²) in [5, 5.41) is 0.464. The first-order valence-electron chi connectivity index (χ1n) is 5.34. The van der Waals surface area contributed by atoms with Gasteiger partial charge < -0.3 is 0 Å². The highest BCUT2D eigenvalue weighted by Gasteiger charge is 2.17. The Bertz CT molecular complexity index is 120. The molecule has 1 fully saturated rings. The molecule has 0 spiro atoms. The van der Waals surface area contributed by atoms with Crippen molar-refractivity contribution in [2.45, 2.75) is 57.7 Å². The van der Waals surface area contributed by atoms with Crippen LogP contribution in [0.4, 0.5) is 0 Å². The van der Waals surface area contributed by atoms with Gasteiger partial charge in [0.25, 0.3) is 0 Å². The lowest BCUT2D eigenvalue weighted by atomic mass is 9.84. The van der Waals surface area contributed by atoms with E-state index in [1.165, 1.54) is 38.5 Å². The van der Waals surface area contributed by atoms with E-state index < -0.39 is 0 Å². The fourth-order valence-electron chi connectivity index (χ4n) is 2.12. The molecule has 72 valence electrons. The van der Waals surface area contributed by atoms with Crippen molar-refractivity contribution in [2.24, 2.45) is 11.8 Å². The van der Waals surface area contributed by atoms with Crippen molar-refractivity contribution in [1.82, 2.24) is 0 Å². The number of hydrogen-bond acceptors (Lipinski definition) is 0. The second-order valence-electron chi connectivity index (χ2n) is 4.46. The monoisotopic (exact) mass is 188 g/mol. The van der Waals surface area contributed by atoms with Crippen molar-refractivity contribution in [3.05, 3.63) is 0 Å². The highest BCUT2D eigenvalue weighted by molar-refractivity contribution is 6.20. The molecule has 1 aliphatic carbocycles. The molecule has 1 rings (SSSR count). The minimum absolute atomic E-state index is 0.464. The summed E-state index contributed by atoms with van der Waals surface area (Å²) in [4.78, 5) is 0. The van der Waals surface area contributed by atoms with Crippen molar-refractivity contribution < 1.29 is 0 Å². The summed E-state index contributed by atoms with van der Waals surface area (Å²) >= 11 is 6.16. The van der Waals surface area contributed by atoms with Gasteiger partial charge in [0.05, 0.1) is 0 Å². The van der Waals surface area contributed by atoms with E-state index in [-0.39, 0.29) is 0 Å². The van der Waals surface area contributed by atoms with Crippen LogP contribution in [-0.4, -0.2) is 5.38 Å². The van der Waals surface area contributed by atoms with E-state index >= 15 is 0 Å². The van der Waals surface area contributed by atoms with Crippen molar-refractivity contribution >= 4 is 11.6 Å². The van der Waals surface area contributed by atoms with Gasteiger partial charge in [0.2, 0.25) is 0 Å². The first kappa shape index (κ1) is 10.4. The lowest BCUT2D eigenvalue weighted by Crippen LogP contribution is -2.14. The van der Waals surface area contributed by atoms with Gasteiger partial charge in [0, 0.05) is 5.38 Å². The minimum atomic E-state index is 0.464. The molecular formula is C11H21Cl. The highest BCUT2D eigenvalue weighted by Crippen LogP contribution is 2.29. The molecule has 0 bridgehead atoms. The smallest absolute Gasteiger partial charge is 0.0336 e. The molecule has 0 nitrogen and oxygen atoms in total. The van der Waals surface area contributed by atoms with Crippen LogP contribution < -0.4 is 0 Å². The zero-order chi connectivity index (χ0) is 8.97. The minimum Gasteiger partial charge on any atom is -0.123 e. The van der Waals surface area contributed by atoms with E-state index in [2.05, 4.69) is 13.8 Å². The SMILES string of the molecule is CC(C)C1CCCCC(Cl)CC1. The zero-order valence-corrected chi connectivity index (χ0v) is 9.11. The van der Waals surface area contributed by atoms with E-state index in [0.29, 0.717) is 5.38 Å². The Hall–Kier alpha value is 0.290. The molecular weight excluding hydrogens is 168 g/mol. The largest absolute Gasteiger partial charge is 0.123 e. The quantitative estimate of drug-likeness (QED) is 0.541. The van der Waals surface area contributed by atoms with E-state index in [1.807, 2.05) is 0 Å². The molecule has 0 N–H and O–H groups in total. The summed E-state index contributed by atoms with van der Waals surface area (Å²) in [7, 11) is 0. The van der Waals surface area contributed by atoms with Crippen LogP contribution in [0.2, 0.25) is 0 Å². The molecule has 0 radical (unpaired) electrons. The van der Waals surface area contributed by atoms with Gasteiger partial charge in [0.1, 0.15) is 0 Å². The predicted octanol–water partition coefficient (Wildman–Crippen LogP) is 4.22. The summed E-state index contributed by atoms with van der Waals surface area (Å²) in [5.74, 6) is 1.79. The van der Waals surface area contributed by atoms with Gasteiger partial charge in [-0.25, -0.2) is 0 Å². The van der Waals surface area contributed by atoms with Crippen molar-refractivity contribution in [3.63, 3.8) is 0 Å². The van der Waals surface area contributed by atoms with Gasteiger partial charge >= 0.3 is 0 Å². The molecule has 0 aromatic heterocycles. The second kappa shape index (κ2) is 5.11. The normalized spacial score (nSPS) is 33.0. The van der Waals surface area contributed by atoms with E-state index in [4.69, 9.17) is 11.6 Å². The molecule has 2 unspecified atom stereocenters. The van der Waals surface area contributed by atoms with Gasteiger partial charge in [0.15, 0.2) is 0 Å². The molecule has 0 amide bonds. The van der Waals surface area contributed by atoms with Crippen LogP contribution in [0.5, 0.6) is 0 Å². The molecule has 1 saturated carbocycles. The van der Waals surface area contributed by atoms with Crippen LogP contribution in [0.1, 0.15) is 52.4 Å².